The van der Waals surface area contributed by atoms with Crippen LogP contribution < -0.4 is 5.14 Å². The van der Waals surface area contributed by atoms with E-state index in [1.54, 1.807) is 4.90 Å². The van der Waals surface area contributed by atoms with E-state index in [1.807, 2.05) is 6.92 Å². The van der Waals surface area contributed by atoms with Crippen LogP contribution in [-0.2, 0) is 10.0 Å². The molecule has 1 fully saturated rings. The topological polar surface area (TPSA) is 124 Å². The van der Waals surface area contributed by atoms with Crippen molar-refractivity contribution in [1.29, 1.82) is 0 Å². The Balaban J connectivity index is 2.45. The van der Waals surface area contributed by atoms with Gasteiger partial charge in [0.05, 0.1) is 9.82 Å². The first-order valence-electron chi connectivity index (χ1n) is 6.30. The molecule has 0 aliphatic carbocycles. The van der Waals surface area contributed by atoms with E-state index in [9.17, 15) is 23.3 Å². The van der Waals surface area contributed by atoms with Gasteiger partial charge in [-0.05, 0) is 18.4 Å². The highest BCUT2D eigenvalue weighted by Crippen LogP contribution is 2.23. The summed E-state index contributed by atoms with van der Waals surface area (Å²) in [5.74, 6) is -0.0710. The predicted octanol–water partition coefficient (Wildman–Crippen LogP) is 0.724. The van der Waals surface area contributed by atoms with Gasteiger partial charge < -0.3 is 4.90 Å². The number of rotatable bonds is 3. The first-order valence-corrected chi connectivity index (χ1v) is 7.84. The van der Waals surface area contributed by atoms with Gasteiger partial charge in [0, 0.05) is 30.8 Å². The molecule has 1 saturated heterocycles. The smallest absolute Gasteiger partial charge is 0.271 e. The number of amides is 1. The number of non-ortho nitro benzene ring substituents is 1. The van der Waals surface area contributed by atoms with Crippen molar-refractivity contribution in [3.05, 3.63) is 33.9 Å². The van der Waals surface area contributed by atoms with E-state index in [4.69, 9.17) is 5.14 Å². The van der Waals surface area contributed by atoms with Gasteiger partial charge in [0.25, 0.3) is 11.6 Å². The summed E-state index contributed by atoms with van der Waals surface area (Å²) in [7, 11) is -4.12. The van der Waals surface area contributed by atoms with Crippen molar-refractivity contribution >= 4 is 21.6 Å². The lowest BCUT2D eigenvalue weighted by Gasteiger charge is -2.16. The van der Waals surface area contributed by atoms with Crippen LogP contribution in [-0.4, -0.2) is 37.2 Å². The maximum Gasteiger partial charge on any atom is 0.271 e. The number of benzene rings is 1. The average molecular weight is 313 g/mol. The SMILES string of the molecule is CC1CCN(C(=O)c2cc([N+](=O)[O-])cc(S(N)(=O)=O)c2)C1. The summed E-state index contributed by atoms with van der Waals surface area (Å²) in [6.07, 6.45) is 0.850. The predicted molar refractivity (Wildman–Crippen MR) is 74.2 cm³/mol. The van der Waals surface area contributed by atoms with Crippen molar-refractivity contribution in [2.24, 2.45) is 11.1 Å². The Hall–Kier alpha value is -2.00. The molecule has 0 bridgehead atoms. The Morgan fingerprint density at radius 1 is 1.43 bits per heavy atom. The second-order valence-electron chi connectivity index (χ2n) is 5.16. The van der Waals surface area contributed by atoms with Crippen molar-refractivity contribution in [3.8, 4) is 0 Å². The van der Waals surface area contributed by atoms with Crippen LogP contribution >= 0.6 is 0 Å². The molecule has 8 nitrogen and oxygen atoms in total. The molecular weight excluding hydrogens is 298 g/mol. The maximum atomic E-state index is 12.3. The lowest BCUT2D eigenvalue weighted by Crippen LogP contribution is -2.28. The van der Waals surface area contributed by atoms with Gasteiger partial charge in [0.15, 0.2) is 0 Å². The Morgan fingerprint density at radius 3 is 2.57 bits per heavy atom. The second kappa shape index (κ2) is 5.41. The molecule has 21 heavy (non-hydrogen) atoms. The van der Waals surface area contributed by atoms with Gasteiger partial charge >= 0.3 is 0 Å². The number of nitro benzene ring substituents is 1. The first-order chi connectivity index (χ1) is 9.68. The standard InChI is InChI=1S/C12H15N3O5S/c1-8-2-3-14(7-8)12(16)9-4-10(15(17)18)6-11(5-9)21(13,19)20/h4-6,8H,2-3,7H2,1H3,(H2,13,19,20). The van der Waals surface area contributed by atoms with Gasteiger partial charge in [0.2, 0.25) is 10.0 Å². The first kappa shape index (κ1) is 15.4. The fraction of sp³-hybridized carbons (Fsp3) is 0.417. The molecule has 1 aliphatic rings. The van der Waals surface area contributed by atoms with Gasteiger partial charge in [-0.2, -0.15) is 0 Å². The van der Waals surface area contributed by atoms with Crippen LogP contribution in [0, 0.1) is 16.0 Å². The Kier molecular flexibility index (Phi) is 3.97. The number of likely N-dealkylation sites (tertiary alicyclic amines) is 1. The summed E-state index contributed by atoms with van der Waals surface area (Å²) in [6, 6.07) is 2.99. The van der Waals surface area contributed by atoms with E-state index in [2.05, 4.69) is 0 Å². The minimum atomic E-state index is -4.12. The summed E-state index contributed by atoms with van der Waals surface area (Å²) >= 11 is 0. The van der Waals surface area contributed by atoms with Crippen molar-refractivity contribution < 1.29 is 18.1 Å². The summed E-state index contributed by atoms with van der Waals surface area (Å²) in [6.45, 7) is 3.09. The van der Waals surface area contributed by atoms with E-state index >= 15 is 0 Å². The molecule has 1 unspecified atom stereocenters. The molecule has 1 atom stereocenters. The number of carbonyl (C=O) groups is 1. The van der Waals surface area contributed by atoms with Crippen LogP contribution in [0.1, 0.15) is 23.7 Å². The zero-order chi connectivity index (χ0) is 15.8. The third kappa shape index (κ3) is 3.37. The van der Waals surface area contributed by atoms with Crippen molar-refractivity contribution in [2.45, 2.75) is 18.2 Å². The number of hydrogen-bond acceptors (Lipinski definition) is 5. The number of nitrogens with zero attached hydrogens (tertiary/aromatic N) is 2. The summed E-state index contributed by atoms with van der Waals surface area (Å²) < 4.78 is 22.8. The second-order valence-corrected chi connectivity index (χ2v) is 6.72. The van der Waals surface area contributed by atoms with Gasteiger partial charge in [-0.3, -0.25) is 14.9 Å². The zero-order valence-electron chi connectivity index (χ0n) is 11.4. The molecule has 1 heterocycles. The van der Waals surface area contributed by atoms with Gasteiger partial charge in [-0.1, -0.05) is 6.92 Å². The van der Waals surface area contributed by atoms with E-state index in [-0.39, 0.29) is 5.56 Å². The lowest BCUT2D eigenvalue weighted by atomic mass is 10.1. The van der Waals surface area contributed by atoms with E-state index in [0.717, 1.165) is 24.6 Å². The molecule has 0 aromatic heterocycles. The van der Waals surface area contributed by atoms with E-state index in [0.29, 0.717) is 19.0 Å². The van der Waals surface area contributed by atoms with Crippen LogP contribution in [0.25, 0.3) is 0 Å². The highest BCUT2D eigenvalue weighted by molar-refractivity contribution is 7.89. The third-order valence-electron chi connectivity index (χ3n) is 3.39. The minimum absolute atomic E-state index is 0.0395. The van der Waals surface area contributed by atoms with Crippen molar-refractivity contribution in [3.63, 3.8) is 0 Å². The van der Waals surface area contributed by atoms with Crippen LogP contribution in [0.4, 0.5) is 5.69 Å². The zero-order valence-corrected chi connectivity index (χ0v) is 12.2. The molecule has 2 rings (SSSR count). The van der Waals surface area contributed by atoms with Gasteiger partial charge in [0.1, 0.15) is 0 Å². The quantitative estimate of drug-likeness (QED) is 0.650. The Labute approximate surface area is 121 Å². The molecule has 1 aliphatic heterocycles. The van der Waals surface area contributed by atoms with Gasteiger partial charge in [-0.15, -0.1) is 0 Å². The molecular formula is C12H15N3O5S. The number of sulfonamides is 1. The van der Waals surface area contributed by atoms with Crippen LogP contribution in [0.15, 0.2) is 23.1 Å². The minimum Gasteiger partial charge on any atom is -0.338 e. The van der Waals surface area contributed by atoms with Crippen LogP contribution in [0.5, 0.6) is 0 Å². The largest absolute Gasteiger partial charge is 0.338 e. The number of primary sulfonamides is 1. The fourth-order valence-electron chi connectivity index (χ4n) is 2.28. The Morgan fingerprint density at radius 2 is 2.10 bits per heavy atom. The number of nitrogens with two attached hydrogens (primary N) is 1. The summed E-state index contributed by atoms with van der Waals surface area (Å²) in [5.41, 5.74) is -0.514. The highest BCUT2D eigenvalue weighted by Gasteiger charge is 2.27. The average Bonchev–Trinajstić information content (AvgIpc) is 2.83. The normalized spacial score (nSPS) is 18.8. The van der Waals surface area contributed by atoms with E-state index < -0.39 is 31.4 Å². The molecule has 0 saturated carbocycles. The fourth-order valence-corrected chi connectivity index (χ4v) is 2.85. The van der Waals surface area contributed by atoms with Crippen LogP contribution in [0.2, 0.25) is 0 Å². The van der Waals surface area contributed by atoms with Crippen molar-refractivity contribution in [2.75, 3.05) is 13.1 Å². The number of nitro groups is 1. The number of carbonyl (C=O) groups excluding carboxylic acids is 1. The molecule has 9 heteroatoms. The molecule has 1 amide bonds. The van der Waals surface area contributed by atoms with Crippen LogP contribution in [0.3, 0.4) is 0 Å². The van der Waals surface area contributed by atoms with E-state index in [1.165, 1.54) is 0 Å². The molecule has 0 radical (unpaired) electrons. The Bertz CT molecular complexity index is 701. The van der Waals surface area contributed by atoms with Crippen molar-refractivity contribution in [1.82, 2.24) is 4.90 Å². The molecule has 1 aromatic rings. The number of hydrogen-bond donors (Lipinski definition) is 1. The monoisotopic (exact) mass is 313 g/mol. The molecule has 2 N–H and O–H groups in total. The highest BCUT2D eigenvalue weighted by atomic mass is 32.2. The van der Waals surface area contributed by atoms with Gasteiger partial charge in [-0.25, -0.2) is 13.6 Å². The molecule has 114 valence electrons. The lowest BCUT2D eigenvalue weighted by molar-refractivity contribution is -0.385. The molecule has 0 spiro atoms. The summed E-state index contributed by atoms with van der Waals surface area (Å²) in [5, 5.41) is 15.9. The third-order valence-corrected chi connectivity index (χ3v) is 4.28. The summed E-state index contributed by atoms with van der Waals surface area (Å²) in [4.78, 5) is 23.6. The maximum absolute atomic E-state index is 12.3. The molecule has 1 aromatic carbocycles.